The number of hydrogen-bond donors (Lipinski definition) is 0. The van der Waals surface area contributed by atoms with Gasteiger partial charge in [-0.15, -0.1) is 0 Å². The van der Waals surface area contributed by atoms with Crippen LogP contribution in [-0.2, 0) is 0 Å². The highest BCUT2D eigenvalue weighted by atomic mass is 79.9. The van der Waals surface area contributed by atoms with Crippen LogP contribution in [0.15, 0.2) is 40.9 Å². The molecule has 2 aliphatic carbocycles. The number of benzene rings is 2. The molecule has 0 amide bonds. The van der Waals surface area contributed by atoms with E-state index in [4.69, 9.17) is 0 Å². The SMILES string of the molecule is O=C(c1ccc(Br)c2ccccc12)C1C2CCCCC21. The van der Waals surface area contributed by atoms with Crippen molar-refractivity contribution in [1.29, 1.82) is 0 Å². The quantitative estimate of drug-likeness (QED) is 0.690. The molecule has 0 spiro atoms. The second-order valence-corrected chi connectivity index (χ2v) is 7.00. The summed E-state index contributed by atoms with van der Waals surface area (Å²) in [4.78, 5) is 12.9. The summed E-state index contributed by atoms with van der Waals surface area (Å²) in [5.74, 6) is 2.05. The van der Waals surface area contributed by atoms with Crippen LogP contribution in [0.3, 0.4) is 0 Å². The Hall–Kier alpha value is -1.15. The van der Waals surface area contributed by atoms with Gasteiger partial charge in [-0.05, 0) is 47.6 Å². The molecular formula is C18H17BrO. The van der Waals surface area contributed by atoms with Gasteiger partial charge in [-0.25, -0.2) is 0 Å². The van der Waals surface area contributed by atoms with Gasteiger partial charge in [-0.1, -0.05) is 53.0 Å². The number of Topliss-reactive ketones (excluding diaryl/α,β-unsaturated/α-hetero) is 1. The average Bonchev–Trinajstić information content (AvgIpc) is 3.22. The first-order chi connectivity index (χ1) is 9.77. The molecule has 20 heavy (non-hydrogen) atoms. The molecule has 2 aromatic carbocycles. The molecular weight excluding hydrogens is 312 g/mol. The third-order valence-electron chi connectivity index (χ3n) is 5.10. The molecule has 2 aliphatic rings. The van der Waals surface area contributed by atoms with Gasteiger partial charge in [-0.2, -0.15) is 0 Å². The van der Waals surface area contributed by atoms with Gasteiger partial charge in [0.05, 0.1) is 0 Å². The van der Waals surface area contributed by atoms with Crippen LogP contribution in [0, 0.1) is 17.8 Å². The van der Waals surface area contributed by atoms with E-state index in [2.05, 4.69) is 28.1 Å². The van der Waals surface area contributed by atoms with Gasteiger partial charge in [0.15, 0.2) is 5.78 Å². The summed E-state index contributed by atoms with van der Waals surface area (Å²) in [6.45, 7) is 0. The van der Waals surface area contributed by atoms with Gasteiger partial charge in [0.2, 0.25) is 0 Å². The molecule has 2 aromatic rings. The predicted octanol–water partition coefficient (Wildman–Crippen LogP) is 5.22. The van der Waals surface area contributed by atoms with Crippen LogP contribution >= 0.6 is 15.9 Å². The van der Waals surface area contributed by atoms with Crippen molar-refractivity contribution in [2.24, 2.45) is 17.8 Å². The van der Waals surface area contributed by atoms with Gasteiger partial charge in [0.1, 0.15) is 0 Å². The Morgan fingerprint density at radius 1 is 0.950 bits per heavy atom. The molecule has 2 atom stereocenters. The molecule has 0 N–H and O–H groups in total. The summed E-state index contributed by atoms with van der Waals surface area (Å²) < 4.78 is 1.07. The van der Waals surface area contributed by atoms with Gasteiger partial charge in [0, 0.05) is 16.0 Å². The fraction of sp³-hybridized carbons (Fsp3) is 0.389. The summed E-state index contributed by atoms with van der Waals surface area (Å²) in [5.41, 5.74) is 0.920. The molecule has 4 rings (SSSR count). The number of carbonyl (C=O) groups is 1. The first-order valence-corrected chi connectivity index (χ1v) is 8.28. The minimum atomic E-state index is 0.307. The normalized spacial score (nSPS) is 28.1. The fourth-order valence-corrected chi connectivity index (χ4v) is 4.52. The molecule has 102 valence electrons. The Bertz CT molecular complexity index is 679. The first kappa shape index (κ1) is 12.6. The lowest BCUT2D eigenvalue weighted by atomic mass is 9.98. The van der Waals surface area contributed by atoms with Crippen molar-refractivity contribution in [2.75, 3.05) is 0 Å². The van der Waals surface area contributed by atoms with E-state index in [9.17, 15) is 4.79 Å². The Balaban J connectivity index is 1.76. The summed E-state index contributed by atoms with van der Waals surface area (Å²) >= 11 is 3.58. The molecule has 0 saturated heterocycles. The van der Waals surface area contributed by atoms with E-state index in [1.807, 2.05) is 24.3 Å². The van der Waals surface area contributed by atoms with Crippen LogP contribution in [0.1, 0.15) is 36.0 Å². The van der Waals surface area contributed by atoms with Crippen LogP contribution in [0.2, 0.25) is 0 Å². The second-order valence-electron chi connectivity index (χ2n) is 6.14. The Morgan fingerprint density at radius 2 is 1.60 bits per heavy atom. The summed E-state index contributed by atoms with van der Waals surface area (Å²) in [7, 11) is 0. The summed E-state index contributed by atoms with van der Waals surface area (Å²) in [5, 5.41) is 2.23. The Kier molecular flexibility index (Phi) is 2.95. The number of halogens is 1. The molecule has 0 bridgehead atoms. The molecule has 1 nitrogen and oxygen atoms in total. The third-order valence-corrected chi connectivity index (χ3v) is 5.79. The van der Waals surface area contributed by atoms with Crippen molar-refractivity contribution < 1.29 is 4.79 Å². The number of ketones is 1. The average molecular weight is 329 g/mol. The van der Waals surface area contributed by atoms with Crippen molar-refractivity contribution in [3.05, 3.63) is 46.4 Å². The lowest BCUT2D eigenvalue weighted by Gasteiger charge is -2.07. The lowest BCUT2D eigenvalue weighted by molar-refractivity contribution is 0.0958. The van der Waals surface area contributed by atoms with E-state index in [1.54, 1.807) is 0 Å². The van der Waals surface area contributed by atoms with Crippen molar-refractivity contribution in [3.8, 4) is 0 Å². The molecule has 2 saturated carbocycles. The van der Waals surface area contributed by atoms with Gasteiger partial charge in [-0.3, -0.25) is 4.79 Å². The Labute approximate surface area is 127 Å². The predicted molar refractivity (Wildman–Crippen MR) is 84.9 cm³/mol. The second kappa shape index (κ2) is 4.70. The molecule has 0 heterocycles. The highest BCUT2D eigenvalue weighted by Crippen LogP contribution is 2.56. The fourth-order valence-electron chi connectivity index (χ4n) is 4.04. The van der Waals surface area contributed by atoms with E-state index in [0.29, 0.717) is 23.5 Å². The van der Waals surface area contributed by atoms with E-state index >= 15 is 0 Å². The van der Waals surface area contributed by atoms with Crippen molar-refractivity contribution >= 4 is 32.5 Å². The zero-order chi connectivity index (χ0) is 13.7. The summed E-state index contributed by atoms with van der Waals surface area (Å²) in [6.07, 6.45) is 5.14. The van der Waals surface area contributed by atoms with Crippen molar-refractivity contribution in [3.63, 3.8) is 0 Å². The van der Waals surface area contributed by atoms with E-state index in [-0.39, 0.29) is 0 Å². The maximum absolute atomic E-state index is 12.9. The number of carbonyl (C=O) groups excluding carboxylic acids is 1. The minimum absolute atomic E-state index is 0.307. The molecule has 2 fully saturated rings. The van der Waals surface area contributed by atoms with Crippen LogP contribution in [0.25, 0.3) is 10.8 Å². The highest BCUT2D eigenvalue weighted by molar-refractivity contribution is 9.10. The highest BCUT2D eigenvalue weighted by Gasteiger charge is 2.54. The van der Waals surface area contributed by atoms with Gasteiger partial charge in [0.25, 0.3) is 0 Å². The third kappa shape index (κ3) is 1.85. The first-order valence-electron chi connectivity index (χ1n) is 7.49. The zero-order valence-electron chi connectivity index (χ0n) is 11.3. The molecule has 0 aliphatic heterocycles. The maximum atomic E-state index is 12.9. The van der Waals surface area contributed by atoms with Crippen LogP contribution in [-0.4, -0.2) is 5.78 Å². The molecule has 0 aromatic heterocycles. The summed E-state index contributed by atoms with van der Waals surface area (Å²) in [6, 6.07) is 12.2. The van der Waals surface area contributed by atoms with E-state index in [0.717, 1.165) is 20.8 Å². The lowest BCUT2D eigenvalue weighted by Crippen LogP contribution is -2.05. The van der Waals surface area contributed by atoms with Gasteiger partial charge >= 0.3 is 0 Å². The topological polar surface area (TPSA) is 17.1 Å². The molecule has 2 heteroatoms. The van der Waals surface area contributed by atoms with Crippen LogP contribution in [0.4, 0.5) is 0 Å². The molecule has 0 radical (unpaired) electrons. The number of fused-ring (bicyclic) bond motifs is 2. The van der Waals surface area contributed by atoms with Crippen LogP contribution in [0.5, 0.6) is 0 Å². The monoisotopic (exact) mass is 328 g/mol. The van der Waals surface area contributed by atoms with E-state index in [1.165, 1.54) is 25.7 Å². The van der Waals surface area contributed by atoms with Crippen molar-refractivity contribution in [2.45, 2.75) is 25.7 Å². The minimum Gasteiger partial charge on any atom is -0.294 e. The van der Waals surface area contributed by atoms with Crippen LogP contribution < -0.4 is 0 Å². The number of hydrogen-bond acceptors (Lipinski definition) is 1. The van der Waals surface area contributed by atoms with Crippen molar-refractivity contribution in [1.82, 2.24) is 0 Å². The smallest absolute Gasteiger partial charge is 0.167 e. The van der Waals surface area contributed by atoms with E-state index < -0.39 is 0 Å². The molecule has 2 unspecified atom stereocenters. The zero-order valence-corrected chi connectivity index (χ0v) is 12.9. The largest absolute Gasteiger partial charge is 0.294 e. The Morgan fingerprint density at radius 3 is 2.30 bits per heavy atom. The maximum Gasteiger partial charge on any atom is 0.167 e. The number of rotatable bonds is 2. The van der Waals surface area contributed by atoms with Gasteiger partial charge < -0.3 is 0 Å². The standard InChI is InChI=1S/C18H17BrO/c19-16-10-9-15(11-5-1-2-6-12(11)16)18(20)17-13-7-3-4-8-14(13)17/h1-2,5-6,9-10,13-14,17H,3-4,7-8H2.